The minimum atomic E-state index is -3.37. The molecule has 82 valence electrons. The largest absolute Gasteiger partial charge is 0.253 e. The van der Waals surface area contributed by atoms with Crippen molar-refractivity contribution in [2.75, 3.05) is 13.1 Å². The molecule has 3 nitrogen and oxygen atoms in total. The van der Waals surface area contributed by atoms with E-state index < -0.39 is 10.0 Å². The van der Waals surface area contributed by atoms with Crippen LogP contribution in [0.2, 0.25) is 0 Å². The van der Waals surface area contributed by atoms with Gasteiger partial charge in [-0.25, -0.2) is 8.42 Å². The maximum absolute atomic E-state index is 12.0. The first kappa shape index (κ1) is 12.2. The summed E-state index contributed by atoms with van der Waals surface area (Å²) in [7, 11) is -3.37. The van der Waals surface area contributed by atoms with E-state index in [2.05, 4.69) is 13.2 Å². The number of rotatable bonds is 6. The highest BCUT2D eigenvalue weighted by molar-refractivity contribution is 7.91. The molecule has 1 rings (SSSR count). The number of thiophene rings is 1. The summed E-state index contributed by atoms with van der Waals surface area (Å²) in [6.07, 6.45) is 3.13. The molecule has 0 aliphatic carbocycles. The number of hydrogen-bond acceptors (Lipinski definition) is 3. The third kappa shape index (κ3) is 2.77. The van der Waals surface area contributed by atoms with Gasteiger partial charge in [0.15, 0.2) is 0 Å². The molecule has 0 aromatic carbocycles. The van der Waals surface area contributed by atoms with Crippen LogP contribution in [0.5, 0.6) is 0 Å². The van der Waals surface area contributed by atoms with Gasteiger partial charge in [0.1, 0.15) is 4.21 Å². The van der Waals surface area contributed by atoms with Gasteiger partial charge in [0.2, 0.25) is 0 Å². The van der Waals surface area contributed by atoms with Crippen molar-refractivity contribution in [1.82, 2.24) is 4.31 Å². The Labute approximate surface area is 94.4 Å². The zero-order chi connectivity index (χ0) is 11.3. The van der Waals surface area contributed by atoms with Crippen molar-refractivity contribution in [1.29, 1.82) is 0 Å². The molecule has 0 bridgehead atoms. The van der Waals surface area contributed by atoms with Gasteiger partial charge < -0.3 is 0 Å². The predicted octanol–water partition coefficient (Wildman–Crippen LogP) is 2.11. The number of sulfonamides is 1. The van der Waals surface area contributed by atoms with Crippen LogP contribution in [0.25, 0.3) is 0 Å². The van der Waals surface area contributed by atoms with Gasteiger partial charge in [-0.05, 0) is 11.4 Å². The monoisotopic (exact) mass is 243 g/mol. The van der Waals surface area contributed by atoms with E-state index in [1.807, 2.05) is 0 Å². The molecule has 0 radical (unpaired) electrons. The molecule has 1 aromatic heterocycles. The van der Waals surface area contributed by atoms with Crippen LogP contribution in [0, 0.1) is 0 Å². The SMILES string of the molecule is C=CCN(CC=C)S(=O)(=O)c1cccs1. The molecule has 5 heteroatoms. The fourth-order valence-corrected chi connectivity index (χ4v) is 3.62. The standard InChI is InChI=1S/C10H13NO2S2/c1-3-7-11(8-4-2)15(12,13)10-6-5-9-14-10/h3-6,9H,1-2,7-8H2. The third-order valence-electron chi connectivity index (χ3n) is 1.75. The van der Waals surface area contributed by atoms with Crippen molar-refractivity contribution >= 4 is 21.4 Å². The van der Waals surface area contributed by atoms with Crippen LogP contribution in [0.3, 0.4) is 0 Å². The predicted molar refractivity (Wildman–Crippen MR) is 63.5 cm³/mol. The normalized spacial score (nSPS) is 11.5. The van der Waals surface area contributed by atoms with Gasteiger partial charge in [0.05, 0.1) is 0 Å². The molecular weight excluding hydrogens is 230 g/mol. The summed E-state index contributed by atoms with van der Waals surface area (Å²) in [5, 5.41) is 1.74. The summed E-state index contributed by atoms with van der Waals surface area (Å²) < 4.78 is 25.7. The van der Waals surface area contributed by atoms with E-state index in [4.69, 9.17) is 0 Å². The quantitative estimate of drug-likeness (QED) is 0.718. The molecule has 0 unspecified atom stereocenters. The molecular formula is C10H13NO2S2. The average Bonchev–Trinajstić information content (AvgIpc) is 2.70. The molecule has 0 fully saturated rings. The Hall–Kier alpha value is -0.910. The molecule has 0 spiro atoms. The Balaban J connectivity index is 3.01. The first-order valence-corrected chi connectivity index (χ1v) is 6.70. The summed E-state index contributed by atoms with van der Waals surface area (Å²) in [5.74, 6) is 0. The van der Waals surface area contributed by atoms with Crippen LogP contribution in [0.1, 0.15) is 0 Å². The Morgan fingerprint density at radius 1 is 1.33 bits per heavy atom. The first-order valence-electron chi connectivity index (χ1n) is 4.38. The second kappa shape index (κ2) is 5.25. The maximum Gasteiger partial charge on any atom is 0.253 e. The molecule has 0 N–H and O–H groups in total. The van der Waals surface area contributed by atoms with Gasteiger partial charge in [-0.15, -0.1) is 24.5 Å². The van der Waals surface area contributed by atoms with Crippen molar-refractivity contribution in [2.24, 2.45) is 0 Å². The average molecular weight is 243 g/mol. The Kier molecular flexibility index (Phi) is 4.26. The van der Waals surface area contributed by atoms with E-state index in [-0.39, 0.29) is 0 Å². The number of nitrogens with zero attached hydrogens (tertiary/aromatic N) is 1. The topological polar surface area (TPSA) is 37.4 Å². The summed E-state index contributed by atoms with van der Waals surface area (Å²) in [6, 6.07) is 3.32. The van der Waals surface area contributed by atoms with Gasteiger partial charge >= 0.3 is 0 Å². The molecule has 0 aliphatic rings. The van der Waals surface area contributed by atoms with Gasteiger partial charge in [-0.1, -0.05) is 18.2 Å². The smallest absolute Gasteiger partial charge is 0.206 e. The lowest BCUT2D eigenvalue weighted by atomic mass is 10.5. The van der Waals surface area contributed by atoms with Crippen molar-refractivity contribution in [3.05, 3.63) is 42.8 Å². The zero-order valence-electron chi connectivity index (χ0n) is 8.30. The fraction of sp³-hybridized carbons (Fsp3) is 0.200. The van der Waals surface area contributed by atoms with Crippen molar-refractivity contribution in [2.45, 2.75) is 4.21 Å². The Morgan fingerprint density at radius 2 is 1.93 bits per heavy atom. The Morgan fingerprint density at radius 3 is 2.33 bits per heavy atom. The Bertz CT molecular complexity index is 410. The summed E-state index contributed by atoms with van der Waals surface area (Å²) >= 11 is 1.21. The maximum atomic E-state index is 12.0. The van der Waals surface area contributed by atoms with E-state index in [0.717, 1.165) is 0 Å². The van der Waals surface area contributed by atoms with Gasteiger partial charge in [-0.3, -0.25) is 0 Å². The van der Waals surface area contributed by atoms with Crippen LogP contribution in [0.4, 0.5) is 0 Å². The molecule has 0 saturated heterocycles. The summed E-state index contributed by atoms with van der Waals surface area (Å²) in [6.45, 7) is 7.68. The van der Waals surface area contributed by atoms with Crippen LogP contribution in [-0.2, 0) is 10.0 Å². The molecule has 0 atom stereocenters. The number of hydrogen-bond donors (Lipinski definition) is 0. The van der Waals surface area contributed by atoms with Crippen molar-refractivity contribution < 1.29 is 8.42 Å². The zero-order valence-corrected chi connectivity index (χ0v) is 9.93. The van der Waals surface area contributed by atoms with E-state index in [1.54, 1.807) is 29.7 Å². The van der Waals surface area contributed by atoms with Crippen molar-refractivity contribution in [3.63, 3.8) is 0 Å². The summed E-state index contributed by atoms with van der Waals surface area (Å²) in [4.78, 5) is 0. The molecule has 0 amide bonds. The molecule has 15 heavy (non-hydrogen) atoms. The highest BCUT2D eigenvalue weighted by Gasteiger charge is 2.22. The third-order valence-corrected chi connectivity index (χ3v) is 4.96. The summed E-state index contributed by atoms with van der Waals surface area (Å²) in [5.41, 5.74) is 0. The lowest BCUT2D eigenvalue weighted by Crippen LogP contribution is -2.30. The second-order valence-corrected chi connectivity index (χ2v) is 5.94. The minimum absolute atomic E-state index is 0.298. The van der Waals surface area contributed by atoms with Gasteiger partial charge in [-0.2, -0.15) is 4.31 Å². The van der Waals surface area contributed by atoms with Crippen molar-refractivity contribution in [3.8, 4) is 0 Å². The van der Waals surface area contributed by atoms with Crippen LogP contribution in [-0.4, -0.2) is 25.8 Å². The minimum Gasteiger partial charge on any atom is -0.206 e. The molecule has 0 aliphatic heterocycles. The first-order chi connectivity index (χ1) is 7.12. The lowest BCUT2D eigenvalue weighted by molar-refractivity contribution is 0.476. The van der Waals surface area contributed by atoms with Crippen LogP contribution in [0.15, 0.2) is 47.0 Å². The fourth-order valence-electron chi connectivity index (χ4n) is 1.10. The molecule has 0 saturated carbocycles. The molecule has 1 heterocycles. The lowest BCUT2D eigenvalue weighted by Gasteiger charge is -2.17. The van der Waals surface area contributed by atoms with Crippen LogP contribution >= 0.6 is 11.3 Å². The van der Waals surface area contributed by atoms with E-state index >= 15 is 0 Å². The highest BCUT2D eigenvalue weighted by atomic mass is 32.2. The van der Waals surface area contributed by atoms with Gasteiger partial charge in [0.25, 0.3) is 10.0 Å². The second-order valence-electron chi connectivity index (χ2n) is 2.83. The van der Waals surface area contributed by atoms with Gasteiger partial charge in [0, 0.05) is 13.1 Å². The van der Waals surface area contributed by atoms with Crippen LogP contribution < -0.4 is 0 Å². The van der Waals surface area contributed by atoms with E-state index in [9.17, 15) is 8.42 Å². The van der Waals surface area contributed by atoms with E-state index in [0.29, 0.717) is 17.3 Å². The highest BCUT2D eigenvalue weighted by Crippen LogP contribution is 2.20. The molecule has 1 aromatic rings. The van der Waals surface area contributed by atoms with E-state index in [1.165, 1.54) is 15.6 Å².